The molecule has 0 fully saturated rings. The molecule has 4 aromatic carbocycles. The molecule has 14 heteroatoms. The number of halogens is 2. The minimum atomic E-state index is -3.99. The normalized spacial score (nSPS) is 12.2. The number of hydrogen-bond acceptors (Lipinski definition) is 7. The zero-order valence-corrected chi connectivity index (χ0v) is 30.1. The smallest absolute Gasteiger partial charge is 0.255 e. The molecule has 0 aliphatic rings. The SMILES string of the molecule is Cc1ccc(S(=O)(=O)N(Cc2ccc(/C=N\NC(=O)CN(CCc3ccccc3)S(=O)(=O)c3ccccc3)o2)Cc2ccc(Cl)cc2Cl)cc1. The van der Waals surface area contributed by atoms with Crippen LogP contribution in [0.1, 0.15) is 28.2 Å². The Morgan fingerprint density at radius 3 is 2.10 bits per heavy atom. The predicted octanol–water partition coefficient (Wildman–Crippen LogP) is 6.67. The third-order valence-corrected chi connectivity index (χ3v) is 11.9. The van der Waals surface area contributed by atoms with Crippen LogP contribution in [0.15, 0.2) is 135 Å². The minimum Gasteiger partial charge on any atom is -0.459 e. The van der Waals surface area contributed by atoms with E-state index in [1.165, 1.54) is 34.8 Å². The lowest BCUT2D eigenvalue weighted by Crippen LogP contribution is -2.40. The van der Waals surface area contributed by atoms with Crippen LogP contribution in [0.25, 0.3) is 0 Å². The van der Waals surface area contributed by atoms with Crippen molar-refractivity contribution in [3.05, 3.63) is 154 Å². The van der Waals surface area contributed by atoms with Gasteiger partial charge in [0.1, 0.15) is 11.5 Å². The molecule has 1 N–H and O–H groups in total. The van der Waals surface area contributed by atoms with Crippen LogP contribution in [-0.2, 0) is 44.4 Å². The number of amides is 1. The molecule has 0 unspecified atom stereocenters. The molecule has 0 atom stereocenters. The maximum absolute atomic E-state index is 13.8. The standard InChI is InChI=1S/C36H34Cl2N4O6S2/c1-27-12-18-34(19-13-27)50(46,47)42(24-29-14-15-30(37)22-35(29)38)25-32-17-16-31(48-32)23-39-40-36(43)26-41(21-20-28-8-4-2-5-9-28)49(44,45)33-10-6-3-7-11-33/h2-19,22-23H,20-21,24-26H2,1H3,(H,40,43)/b39-23-. The Hall–Kier alpha value is -4.30. The summed E-state index contributed by atoms with van der Waals surface area (Å²) in [5.74, 6) is -0.120. The van der Waals surface area contributed by atoms with Gasteiger partial charge in [-0.15, -0.1) is 0 Å². The number of nitrogens with zero attached hydrogens (tertiary/aromatic N) is 3. The number of rotatable bonds is 15. The fourth-order valence-corrected chi connectivity index (χ4v) is 8.21. The second-order valence-electron chi connectivity index (χ2n) is 11.3. The van der Waals surface area contributed by atoms with Gasteiger partial charge in [0, 0.05) is 23.1 Å². The van der Waals surface area contributed by atoms with Crippen molar-refractivity contribution in [1.29, 1.82) is 0 Å². The molecule has 50 heavy (non-hydrogen) atoms. The van der Waals surface area contributed by atoms with Crippen LogP contribution in [0.5, 0.6) is 0 Å². The highest BCUT2D eigenvalue weighted by Crippen LogP contribution is 2.27. The number of hydrazone groups is 1. The number of carbonyl (C=O) groups excluding carboxylic acids is 1. The van der Waals surface area contributed by atoms with Gasteiger partial charge in [0.05, 0.1) is 29.1 Å². The van der Waals surface area contributed by atoms with Crippen molar-refractivity contribution in [2.24, 2.45) is 5.10 Å². The number of furan rings is 1. The minimum absolute atomic E-state index is 0.0565. The second-order valence-corrected chi connectivity index (χ2v) is 16.0. The summed E-state index contributed by atoms with van der Waals surface area (Å²) in [5.41, 5.74) is 4.75. The number of carbonyl (C=O) groups is 1. The van der Waals surface area contributed by atoms with Gasteiger partial charge in [0.15, 0.2) is 0 Å². The van der Waals surface area contributed by atoms with E-state index < -0.39 is 32.5 Å². The zero-order chi connectivity index (χ0) is 35.7. The first kappa shape index (κ1) is 37.0. The van der Waals surface area contributed by atoms with Gasteiger partial charge in [0.25, 0.3) is 5.91 Å². The Morgan fingerprint density at radius 2 is 1.42 bits per heavy atom. The Kier molecular flexibility index (Phi) is 12.3. The zero-order valence-electron chi connectivity index (χ0n) is 26.9. The van der Waals surface area contributed by atoms with E-state index in [9.17, 15) is 21.6 Å². The van der Waals surface area contributed by atoms with Gasteiger partial charge in [-0.3, -0.25) is 4.79 Å². The molecular formula is C36H34Cl2N4O6S2. The van der Waals surface area contributed by atoms with Crippen LogP contribution >= 0.6 is 23.2 Å². The first-order chi connectivity index (χ1) is 23.9. The van der Waals surface area contributed by atoms with Gasteiger partial charge in [-0.2, -0.15) is 13.7 Å². The number of nitrogens with one attached hydrogen (secondary N) is 1. The molecule has 260 valence electrons. The monoisotopic (exact) mass is 752 g/mol. The molecule has 0 saturated carbocycles. The van der Waals surface area contributed by atoms with E-state index in [1.54, 1.807) is 60.7 Å². The van der Waals surface area contributed by atoms with Crippen LogP contribution in [0, 0.1) is 6.92 Å². The van der Waals surface area contributed by atoms with Gasteiger partial charge in [-0.05, 0) is 73.0 Å². The van der Waals surface area contributed by atoms with E-state index in [0.717, 1.165) is 15.4 Å². The van der Waals surface area contributed by atoms with Gasteiger partial charge >= 0.3 is 0 Å². The second kappa shape index (κ2) is 16.6. The summed E-state index contributed by atoms with van der Waals surface area (Å²) in [6.07, 6.45) is 1.65. The van der Waals surface area contributed by atoms with E-state index in [-0.39, 0.29) is 35.2 Å². The molecule has 5 aromatic rings. The largest absolute Gasteiger partial charge is 0.459 e. The summed E-state index contributed by atoms with van der Waals surface area (Å²) in [5, 5.41) is 4.69. The third kappa shape index (κ3) is 9.69. The lowest BCUT2D eigenvalue weighted by molar-refractivity contribution is -0.121. The Labute approximate surface area is 302 Å². The average Bonchev–Trinajstić information content (AvgIpc) is 3.55. The van der Waals surface area contributed by atoms with Crippen LogP contribution < -0.4 is 5.43 Å². The lowest BCUT2D eigenvalue weighted by Gasteiger charge is -2.22. The van der Waals surface area contributed by atoms with Crippen molar-refractivity contribution in [3.63, 3.8) is 0 Å². The lowest BCUT2D eigenvalue weighted by atomic mass is 10.1. The number of hydrogen-bond donors (Lipinski definition) is 1. The molecule has 1 amide bonds. The summed E-state index contributed by atoms with van der Waals surface area (Å²) >= 11 is 12.5. The first-order valence-electron chi connectivity index (χ1n) is 15.4. The van der Waals surface area contributed by atoms with Gasteiger partial charge in [-0.25, -0.2) is 22.3 Å². The predicted molar refractivity (Wildman–Crippen MR) is 194 cm³/mol. The Bertz CT molecular complexity index is 2160. The summed E-state index contributed by atoms with van der Waals surface area (Å²) in [6.45, 7) is 1.28. The van der Waals surface area contributed by atoms with Crippen molar-refractivity contribution in [3.8, 4) is 0 Å². The van der Waals surface area contributed by atoms with Gasteiger partial charge < -0.3 is 4.42 Å². The van der Waals surface area contributed by atoms with Crippen molar-refractivity contribution in [2.75, 3.05) is 13.1 Å². The first-order valence-corrected chi connectivity index (χ1v) is 19.1. The van der Waals surface area contributed by atoms with E-state index >= 15 is 0 Å². The van der Waals surface area contributed by atoms with Crippen LogP contribution in [0.3, 0.4) is 0 Å². The quantitative estimate of drug-likeness (QED) is 0.0940. The molecular weight excluding hydrogens is 719 g/mol. The molecule has 0 aliphatic heterocycles. The molecule has 0 aliphatic carbocycles. The Balaban J connectivity index is 1.28. The third-order valence-electron chi connectivity index (χ3n) is 7.61. The highest BCUT2D eigenvalue weighted by Gasteiger charge is 2.28. The van der Waals surface area contributed by atoms with Crippen molar-refractivity contribution in [2.45, 2.75) is 36.2 Å². The molecule has 5 rings (SSSR count). The molecule has 1 aromatic heterocycles. The fraction of sp³-hybridized carbons (Fsp3) is 0.167. The topological polar surface area (TPSA) is 129 Å². The molecule has 0 radical (unpaired) electrons. The van der Waals surface area contributed by atoms with E-state index in [2.05, 4.69) is 10.5 Å². The van der Waals surface area contributed by atoms with Crippen LogP contribution in [0.4, 0.5) is 0 Å². The summed E-state index contributed by atoms with van der Waals surface area (Å²) in [7, 11) is -7.97. The number of aryl methyl sites for hydroxylation is 1. The van der Waals surface area contributed by atoms with E-state index in [4.69, 9.17) is 27.6 Å². The van der Waals surface area contributed by atoms with Crippen molar-refractivity contribution in [1.82, 2.24) is 14.0 Å². The molecule has 10 nitrogen and oxygen atoms in total. The maximum Gasteiger partial charge on any atom is 0.255 e. The van der Waals surface area contributed by atoms with E-state index in [0.29, 0.717) is 27.8 Å². The number of benzene rings is 4. The van der Waals surface area contributed by atoms with Crippen molar-refractivity contribution < 1.29 is 26.0 Å². The fourth-order valence-electron chi connectivity index (χ4n) is 4.94. The summed E-state index contributed by atoms with van der Waals surface area (Å²) in [6, 6.07) is 31.8. The Morgan fingerprint density at radius 1 is 0.780 bits per heavy atom. The maximum atomic E-state index is 13.8. The van der Waals surface area contributed by atoms with Crippen molar-refractivity contribution >= 4 is 55.4 Å². The van der Waals surface area contributed by atoms with Crippen LogP contribution in [0.2, 0.25) is 10.0 Å². The summed E-state index contributed by atoms with van der Waals surface area (Å²) in [4.78, 5) is 13.1. The van der Waals surface area contributed by atoms with Gasteiger partial charge in [-0.1, -0.05) is 95.5 Å². The summed E-state index contributed by atoms with van der Waals surface area (Å²) < 4.78 is 62.6. The molecule has 0 bridgehead atoms. The molecule has 0 saturated heterocycles. The van der Waals surface area contributed by atoms with Gasteiger partial charge in [0.2, 0.25) is 20.0 Å². The number of sulfonamides is 2. The molecule has 0 spiro atoms. The highest BCUT2D eigenvalue weighted by molar-refractivity contribution is 7.89. The van der Waals surface area contributed by atoms with Crippen LogP contribution in [-0.4, -0.2) is 50.7 Å². The van der Waals surface area contributed by atoms with E-state index in [1.807, 2.05) is 37.3 Å². The average molecular weight is 754 g/mol. The highest BCUT2D eigenvalue weighted by atomic mass is 35.5. The molecule has 1 heterocycles.